The van der Waals surface area contributed by atoms with E-state index in [4.69, 9.17) is 4.42 Å². The third-order valence-corrected chi connectivity index (χ3v) is 3.38. The standard InChI is InChI=1S/C17H18N2O/c1-12(2)3-6-17-19-15-11-14(4-5-16(15)20-17)13-7-9-18-10-8-13/h4-5,7-12H,3,6H2,1-2H3. The van der Waals surface area contributed by atoms with Crippen molar-refractivity contribution in [2.24, 2.45) is 5.92 Å². The average molecular weight is 266 g/mol. The average Bonchev–Trinajstić information content (AvgIpc) is 2.88. The van der Waals surface area contributed by atoms with Crippen molar-refractivity contribution in [3.63, 3.8) is 0 Å². The van der Waals surface area contributed by atoms with Crippen LogP contribution in [0.25, 0.3) is 22.2 Å². The van der Waals surface area contributed by atoms with E-state index in [-0.39, 0.29) is 0 Å². The molecule has 0 atom stereocenters. The molecule has 0 bridgehead atoms. The van der Waals surface area contributed by atoms with E-state index in [2.05, 4.69) is 35.9 Å². The molecule has 0 aliphatic rings. The fourth-order valence-electron chi connectivity index (χ4n) is 2.22. The Morgan fingerprint density at radius 3 is 2.60 bits per heavy atom. The molecule has 3 rings (SSSR count). The van der Waals surface area contributed by atoms with Gasteiger partial charge in [-0.15, -0.1) is 0 Å². The lowest BCUT2D eigenvalue weighted by atomic mass is 10.1. The van der Waals surface area contributed by atoms with Gasteiger partial charge in [-0.25, -0.2) is 4.98 Å². The Morgan fingerprint density at radius 1 is 1.05 bits per heavy atom. The molecule has 0 saturated heterocycles. The molecule has 0 N–H and O–H groups in total. The zero-order chi connectivity index (χ0) is 13.9. The van der Waals surface area contributed by atoms with Crippen LogP contribution in [0.3, 0.4) is 0 Å². The number of benzene rings is 1. The van der Waals surface area contributed by atoms with Crippen LogP contribution in [-0.4, -0.2) is 9.97 Å². The third-order valence-electron chi connectivity index (χ3n) is 3.38. The minimum absolute atomic E-state index is 0.664. The Bertz CT molecular complexity index is 701. The summed E-state index contributed by atoms with van der Waals surface area (Å²) < 4.78 is 5.79. The Labute approximate surface area is 118 Å². The van der Waals surface area contributed by atoms with Gasteiger partial charge >= 0.3 is 0 Å². The first-order chi connectivity index (χ1) is 9.72. The molecule has 2 aromatic heterocycles. The second kappa shape index (κ2) is 5.45. The number of aryl methyl sites for hydroxylation is 1. The Morgan fingerprint density at radius 2 is 1.85 bits per heavy atom. The summed E-state index contributed by atoms with van der Waals surface area (Å²) in [5.74, 6) is 1.50. The van der Waals surface area contributed by atoms with Crippen LogP contribution >= 0.6 is 0 Å². The first kappa shape index (κ1) is 12.9. The van der Waals surface area contributed by atoms with Crippen molar-refractivity contribution >= 4 is 11.1 Å². The second-order valence-corrected chi connectivity index (χ2v) is 5.46. The van der Waals surface area contributed by atoms with Crippen molar-refractivity contribution < 1.29 is 4.42 Å². The Hall–Kier alpha value is -2.16. The lowest BCUT2D eigenvalue weighted by molar-refractivity contribution is 0.484. The van der Waals surface area contributed by atoms with E-state index >= 15 is 0 Å². The van der Waals surface area contributed by atoms with Crippen molar-refractivity contribution in [3.05, 3.63) is 48.6 Å². The van der Waals surface area contributed by atoms with Crippen LogP contribution in [0.2, 0.25) is 0 Å². The molecule has 0 radical (unpaired) electrons. The molecule has 3 aromatic rings. The van der Waals surface area contributed by atoms with Gasteiger partial charge in [0.05, 0.1) is 0 Å². The van der Waals surface area contributed by atoms with Crippen molar-refractivity contribution in [2.75, 3.05) is 0 Å². The molecule has 0 spiro atoms. The van der Waals surface area contributed by atoms with Crippen LogP contribution in [-0.2, 0) is 6.42 Å². The SMILES string of the molecule is CC(C)CCc1nc2cc(-c3ccncc3)ccc2o1. The molecule has 3 heteroatoms. The number of aromatic nitrogens is 2. The van der Waals surface area contributed by atoms with Gasteiger partial charge in [0, 0.05) is 18.8 Å². The highest BCUT2D eigenvalue weighted by atomic mass is 16.3. The molecule has 0 aliphatic heterocycles. The highest BCUT2D eigenvalue weighted by Crippen LogP contribution is 2.25. The zero-order valence-electron chi connectivity index (χ0n) is 11.8. The third kappa shape index (κ3) is 2.72. The van der Waals surface area contributed by atoms with Crippen molar-refractivity contribution in [3.8, 4) is 11.1 Å². The maximum atomic E-state index is 5.79. The number of oxazole rings is 1. The van der Waals surface area contributed by atoms with E-state index in [9.17, 15) is 0 Å². The molecule has 2 heterocycles. The van der Waals surface area contributed by atoms with Gasteiger partial charge < -0.3 is 4.42 Å². The summed E-state index contributed by atoms with van der Waals surface area (Å²) in [5, 5.41) is 0. The summed E-state index contributed by atoms with van der Waals surface area (Å²) in [7, 11) is 0. The normalized spacial score (nSPS) is 11.3. The molecule has 0 amide bonds. The van der Waals surface area contributed by atoms with Crippen LogP contribution in [0.15, 0.2) is 47.1 Å². The van der Waals surface area contributed by atoms with E-state index in [1.807, 2.05) is 18.2 Å². The van der Waals surface area contributed by atoms with Crippen molar-refractivity contribution in [1.82, 2.24) is 9.97 Å². The van der Waals surface area contributed by atoms with Gasteiger partial charge in [-0.05, 0) is 47.7 Å². The van der Waals surface area contributed by atoms with Crippen LogP contribution < -0.4 is 0 Å². The molecular formula is C17H18N2O. The van der Waals surface area contributed by atoms with Gasteiger partial charge in [0.1, 0.15) is 5.52 Å². The van der Waals surface area contributed by atoms with Gasteiger partial charge in [-0.2, -0.15) is 0 Å². The van der Waals surface area contributed by atoms with Gasteiger partial charge in [-0.1, -0.05) is 19.9 Å². The predicted octanol–water partition coefficient (Wildman–Crippen LogP) is 4.48. The van der Waals surface area contributed by atoms with E-state index in [1.165, 1.54) is 0 Å². The molecule has 3 nitrogen and oxygen atoms in total. The topological polar surface area (TPSA) is 38.9 Å². The monoisotopic (exact) mass is 266 g/mol. The molecule has 0 unspecified atom stereocenters. The predicted molar refractivity (Wildman–Crippen MR) is 80.4 cm³/mol. The van der Waals surface area contributed by atoms with Gasteiger partial charge in [0.2, 0.25) is 0 Å². The first-order valence-electron chi connectivity index (χ1n) is 7.02. The van der Waals surface area contributed by atoms with E-state index in [0.717, 1.165) is 41.0 Å². The van der Waals surface area contributed by atoms with Crippen molar-refractivity contribution in [2.45, 2.75) is 26.7 Å². The lowest BCUT2D eigenvalue weighted by Crippen LogP contribution is -1.91. The van der Waals surface area contributed by atoms with Gasteiger partial charge in [-0.3, -0.25) is 4.98 Å². The number of hydrogen-bond donors (Lipinski definition) is 0. The summed E-state index contributed by atoms with van der Waals surface area (Å²) in [6, 6.07) is 10.1. The van der Waals surface area contributed by atoms with Gasteiger partial charge in [0.25, 0.3) is 0 Å². The summed E-state index contributed by atoms with van der Waals surface area (Å²) in [5.41, 5.74) is 4.08. The number of rotatable bonds is 4. The van der Waals surface area contributed by atoms with Crippen LogP contribution in [0.1, 0.15) is 26.2 Å². The molecule has 102 valence electrons. The second-order valence-electron chi connectivity index (χ2n) is 5.46. The quantitative estimate of drug-likeness (QED) is 0.699. The highest BCUT2D eigenvalue weighted by Gasteiger charge is 2.08. The highest BCUT2D eigenvalue weighted by molar-refractivity contribution is 5.80. The van der Waals surface area contributed by atoms with Gasteiger partial charge in [0.15, 0.2) is 11.5 Å². The smallest absolute Gasteiger partial charge is 0.195 e. The lowest BCUT2D eigenvalue weighted by Gasteiger charge is -1.99. The van der Waals surface area contributed by atoms with Crippen LogP contribution in [0.4, 0.5) is 0 Å². The minimum atomic E-state index is 0.664. The fraction of sp³-hybridized carbons (Fsp3) is 0.294. The summed E-state index contributed by atoms with van der Waals surface area (Å²) in [6.07, 6.45) is 5.60. The van der Waals surface area contributed by atoms with E-state index in [1.54, 1.807) is 12.4 Å². The largest absolute Gasteiger partial charge is 0.441 e. The molecule has 1 aromatic carbocycles. The number of pyridine rings is 1. The molecule has 20 heavy (non-hydrogen) atoms. The Balaban J connectivity index is 1.91. The summed E-state index contributed by atoms with van der Waals surface area (Å²) >= 11 is 0. The molecular weight excluding hydrogens is 248 g/mol. The summed E-state index contributed by atoms with van der Waals surface area (Å²) in [6.45, 7) is 4.42. The molecule has 0 aliphatic carbocycles. The van der Waals surface area contributed by atoms with E-state index < -0.39 is 0 Å². The number of nitrogens with zero attached hydrogens (tertiary/aromatic N) is 2. The molecule has 0 fully saturated rings. The Kier molecular flexibility index (Phi) is 3.50. The summed E-state index contributed by atoms with van der Waals surface area (Å²) in [4.78, 5) is 8.63. The fourth-order valence-corrected chi connectivity index (χ4v) is 2.22. The first-order valence-corrected chi connectivity index (χ1v) is 7.02. The number of hydrogen-bond acceptors (Lipinski definition) is 3. The van der Waals surface area contributed by atoms with Crippen molar-refractivity contribution in [1.29, 1.82) is 0 Å². The number of fused-ring (bicyclic) bond motifs is 1. The maximum Gasteiger partial charge on any atom is 0.195 e. The van der Waals surface area contributed by atoms with Crippen LogP contribution in [0.5, 0.6) is 0 Å². The molecule has 0 saturated carbocycles. The maximum absolute atomic E-state index is 5.79. The minimum Gasteiger partial charge on any atom is -0.441 e. The van der Waals surface area contributed by atoms with E-state index in [0.29, 0.717) is 5.92 Å². The zero-order valence-corrected chi connectivity index (χ0v) is 11.8. The van der Waals surface area contributed by atoms with Crippen LogP contribution in [0, 0.1) is 5.92 Å².